The maximum absolute atomic E-state index is 11.8. The van der Waals surface area contributed by atoms with Crippen molar-refractivity contribution in [2.24, 2.45) is 0 Å². The zero-order valence-electron chi connectivity index (χ0n) is 9.68. The maximum atomic E-state index is 11.8. The summed E-state index contributed by atoms with van der Waals surface area (Å²) in [6.07, 6.45) is 1.57. The summed E-state index contributed by atoms with van der Waals surface area (Å²) in [5.74, 6) is -0.596. The van der Waals surface area contributed by atoms with E-state index >= 15 is 0 Å². The van der Waals surface area contributed by atoms with Gasteiger partial charge in [-0.2, -0.15) is 13.2 Å². The van der Waals surface area contributed by atoms with Crippen LogP contribution in [0.25, 0.3) is 0 Å². The molecule has 1 aliphatic rings. The van der Waals surface area contributed by atoms with Crippen molar-refractivity contribution in [1.82, 2.24) is 5.32 Å². The van der Waals surface area contributed by atoms with Gasteiger partial charge in [-0.1, -0.05) is 12.8 Å². The van der Waals surface area contributed by atoms with Gasteiger partial charge in [0.25, 0.3) is 0 Å². The first-order valence-electron chi connectivity index (χ1n) is 5.94. The molecule has 0 amide bonds. The monoisotopic (exact) mass is 253 g/mol. The average molecular weight is 253 g/mol. The standard InChI is InChI=1S/C11H18F3NO2/c12-11(13,14)8-15-7-10(16)17-9-5-3-1-2-4-6-9/h9,15H,1-8H2. The summed E-state index contributed by atoms with van der Waals surface area (Å²) in [6, 6.07) is 0. The van der Waals surface area contributed by atoms with Crippen molar-refractivity contribution in [2.75, 3.05) is 13.1 Å². The number of halogens is 3. The molecule has 0 unspecified atom stereocenters. The highest BCUT2D eigenvalue weighted by Gasteiger charge is 2.27. The normalized spacial score (nSPS) is 18.8. The van der Waals surface area contributed by atoms with Gasteiger partial charge in [0.1, 0.15) is 6.10 Å². The Hall–Kier alpha value is -0.780. The molecule has 1 fully saturated rings. The Labute approximate surface area is 98.7 Å². The number of carbonyl (C=O) groups is 1. The molecule has 0 spiro atoms. The predicted octanol–water partition coefficient (Wildman–Crippen LogP) is 2.40. The van der Waals surface area contributed by atoms with Crippen LogP contribution in [-0.2, 0) is 9.53 Å². The van der Waals surface area contributed by atoms with Crippen molar-refractivity contribution in [2.45, 2.75) is 50.8 Å². The molecule has 1 aliphatic carbocycles. The molecule has 0 radical (unpaired) electrons. The van der Waals surface area contributed by atoms with Gasteiger partial charge in [0.15, 0.2) is 0 Å². The molecule has 0 aromatic heterocycles. The number of alkyl halides is 3. The average Bonchev–Trinajstić information content (AvgIpc) is 2.44. The van der Waals surface area contributed by atoms with Crippen LogP contribution in [0.4, 0.5) is 13.2 Å². The SMILES string of the molecule is O=C(CNCC(F)(F)F)OC1CCCCCC1. The fourth-order valence-corrected chi connectivity index (χ4v) is 1.89. The number of hydrogen-bond acceptors (Lipinski definition) is 3. The lowest BCUT2D eigenvalue weighted by Crippen LogP contribution is -2.34. The Morgan fingerprint density at radius 2 is 1.76 bits per heavy atom. The van der Waals surface area contributed by atoms with Crippen LogP contribution in [0.15, 0.2) is 0 Å². The van der Waals surface area contributed by atoms with Gasteiger partial charge >= 0.3 is 12.1 Å². The molecule has 1 rings (SSSR count). The quantitative estimate of drug-likeness (QED) is 0.617. The van der Waals surface area contributed by atoms with Crippen LogP contribution in [0.2, 0.25) is 0 Å². The third-order valence-corrected chi connectivity index (χ3v) is 2.70. The van der Waals surface area contributed by atoms with Crippen LogP contribution in [-0.4, -0.2) is 31.3 Å². The van der Waals surface area contributed by atoms with Crippen LogP contribution in [0.5, 0.6) is 0 Å². The Bertz CT molecular complexity index is 235. The summed E-state index contributed by atoms with van der Waals surface area (Å²) >= 11 is 0. The van der Waals surface area contributed by atoms with Crippen LogP contribution in [0.3, 0.4) is 0 Å². The van der Waals surface area contributed by atoms with Crippen molar-refractivity contribution < 1.29 is 22.7 Å². The van der Waals surface area contributed by atoms with Gasteiger partial charge in [0, 0.05) is 0 Å². The highest BCUT2D eigenvalue weighted by molar-refractivity contribution is 5.71. The molecular formula is C11H18F3NO2. The third-order valence-electron chi connectivity index (χ3n) is 2.70. The topological polar surface area (TPSA) is 38.3 Å². The molecule has 0 aliphatic heterocycles. The number of carbonyl (C=O) groups excluding carboxylic acids is 1. The minimum atomic E-state index is -4.29. The molecule has 0 aromatic rings. The largest absolute Gasteiger partial charge is 0.461 e. The van der Waals surface area contributed by atoms with Gasteiger partial charge in [0.2, 0.25) is 0 Å². The van der Waals surface area contributed by atoms with Crippen LogP contribution in [0.1, 0.15) is 38.5 Å². The molecule has 1 N–H and O–H groups in total. The van der Waals surface area contributed by atoms with E-state index in [4.69, 9.17) is 4.74 Å². The number of rotatable bonds is 4. The van der Waals surface area contributed by atoms with Crippen molar-refractivity contribution in [3.63, 3.8) is 0 Å². The molecule has 0 saturated heterocycles. The van der Waals surface area contributed by atoms with Crippen LogP contribution >= 0.6 is 0 Å². The van der Waals surface area contributed by atoms with Crippen molar-refractivity contribution in [3.8, 4) is 0 Å². The molecule has 0 atom stereocenters. The van der Waals surface area contributed by atoms with E-state index in [1.165, 1.54) is 0 Å². The second-order valence-corrected chi connectivity index (χ2v) is 4.32. The molecule has 3 nitrogen and oxygen atoms in total. The summed E-state index contributed by atoms with van der Waals surface area (Å²) in [6.45, 7) is -1.54. The van der Waals surface area contributed by atoms with E-state index in [-0.39, 0.29) is 12.6 Å². The van der Waals surface area contributed by atoms with E-state index in [0.29, 0.717) is 0 Å². The first-order chi connectivity index (χ1) is 7.97. The second kappa shape index (κ2) is 6.83. The number of hydrogen-bond donors (Lipinski definition) is 1. The second-order valence-electron chi connectivity index (χ2n) is 4.32. The molecule has 6 heteroatoms. The van der Waals surface area contributed by atoms with Gasteiger partial charge in [0.05, 0.1) is 13.1 Å². The first kappa shape index (κ1) is 14.3. The van der Waals surface area contributed by atoms with Crippen molar-refractivity contribution >= 4 is 5.97 Å². The number of esters is 1. The molecule has 1 saturated carbocycles. The van der Waals surface area contributed by atoms with Gasteiger partial charge in [-0.3, -0.25) is 10.1 Å². The van der Waals surface area contributed by atoms with Crippen LogP contribution in [0, 0.1) is 0 Å². The lowest BCUT2D eigenvalue weighted by molar-refractivity contribution is -0.150. The summed E-state index contributed by atoms with van der Waals surface area (Å²) < 4.78 is 40.5. The van der Waals surface area contributed by atoms with E-state index < -0.39 is 18.7 Å². The predicted molar refractivity (Wildman–Crippen MR) is 56.5 cm³/mol. The zero-order chi connectivity index (χ0) is 12.7. The Morgan fingerprint density at radius 1 is 1.18 bits per heavy atom. The highest BCUT2D eigenvalue weighted by Crippen LogP contribution is 2.19. The molecular weight excluding hydrogens is 235 g/mol. The summed E-state index contributed by atoms with van der Waals surface area (Å²) in [4.78, 5) is 11.3. The zero-order valence-corrected chi connectivity index (χ0v) is 9.68. The number of ether oxygens (including phenoxy) is 1. The maximum Gasteiger partial charge on any atom is 0.401 e. The lowest BCUT2D eigenvalue weighted by Gasteiger charge is -2.15. The van der Waals surface area contributed by atoms with E-state index in [9.17, 15) is 18.0 Å². The smallest absolute Gasteiger partial charge is 0.401 e. The van der Waals surface area contributed by atoms with E-state index in [0.717, 1.165) is 38.5 Å². The minimum absolute atomic E-state index is 0.113. The summed E-state index contributed by atoms with van der Waals surface area (Å²) in [5, 5.41) is 2.03. The van der Waals surface area contributed by atoms with Gasteiger partial charge in [-0.15, -0.1) is 0 Å². The van der Waals surface area contributed by atoms with Gasteiger partial charge in [-0.25, -0.2) is 0 Å². The molecule has 100 valence electrons. The first-order valence-corrected chi connectivity index (χ1v) is 5.94. The Kier molecular flexibility index (Phi) is 5.74. The minimum Gasteiger partial charge on any atom is -0.461 e. The van der Waals surface area contributed by atoms with E-state index in [1.807, 2.05) is 5.32 Å². The lowest BCUT2D eigenvalue weighted by atomic mass is 10.1. The highest BCUT2D eigenvalue weighted by atomic mass is 19.4. The molecule has 0 bridgehead atoms. The van der Waals surface area contributed by atoms with E-state index in [2.05, 4.69) is 0 Å². The summed E-state index contributed by atoms with van der Waals surface area (Å²) in [5.41, 5.74) is 0. The third kappa shape index (κ3) is 7.20. The van der Waals surface area contributed by atoms with Crippen LogP contribution < -0.4 is 5.32 Å². The number of nitrogens with one attached hydrogen (secondary N) is 1. The molecule has 0 heterocycles. The van der Waals surface area contributed by atoms with E-state index in [1.54, 1.807) is 0 Å². The van der Waals surface area contributed by atoms with Crippen molar-refractivity contribution in [1.29, 1.82) is 0 Å². The Morgan fingerprint density at radius 3 is 2.29 bits per heavy atom. The molecule has 17 heavy (non-hydrogen) atoms. The summed E-state index contributed by atoms with van der Waals surface area (Å²) in [7, 11) is 0. The van der Waals surface area contributed by atoms with Gasteiger partial charge < -0.3 is 4.74 Å². The van der Waals surface area contributed by atoms with Gasteiger partial charge in [-0.05, 0) is 25.7 Å². The van der Waals surface area contributed by atoms with Crippen molar-refractivity contribution in [3.05, 3.63) is 0 Å². The molecule has 0 aromatic carbocycles. The Balaban J connectivity index is 2.15. The fraction of sp³-hybridized carbons (Fsp3) is 0.909. The fourth-order valence-electron chi connectivity index (χ4n) is 1.89.